The third kappa shape index (κ3) is 2.76. The molecule has 0 aliphatic rings. The second-order valence-corrected chi connectivity index (χ2v) is 4.94. The van der Waals surface area contributed by atoms with Crippen LogP contribution in [-0.2, 0) is 6.42 Å². The predicted molar refractivity (Wildman–Crippen MR) is 65.6 cm³/mol. The molecule has 0 unspecified atom stereocenters. The summed E-state index contributed by atoms with van der Waals surface area (Å²) in [6, 6.07) is 6.53. The first kappa shape index (κ1) is 12.6. The Morgan fingerprint density at radius 3 is 2.12 bits per heavy atom. The molecule has 2 heteroatoms. The monoisotopic (exact) mass is 217 g/mol. The third-order valence-corrected chi connectivity index (χ3v) is 2.67. The largest absolute Gasteiger partial charge is 0.496 e. The number of nitriles is 1. The molecule has 0 amide bonds. The van der Waals surface area contributed by atoms with Crippen LogP contribution in [0.2, 0.25) is 0 Å². The van der Waals surface area contributed by atoms with Crippen LogP contribution in [-0.4, -0.2) is 7.11 Å². The van der Waals surface area contributed by atoms with Crippen molar-refractivity contribution in [2.45, 2.75) is 34.1 Å². The molecule has 86 valence electrons. The Kier molecular flexibility index (Phi) is 3.59. The second kappa shape index (κ2) is 4.57. The summed E-state index contributed by atoms with van der Waals surface area (Å²) in [5.41, 5.74) is 3.15. The van der Waals surface area contributed by atoms with Crippen LogP contribution in [0.1, 0.15) is 30.5 Å². The maximum atomic E-state index is 9.02. The van der Waals surface area contributed by atoms with E-state index in [2.05, 4.69) is 18.2 Å². The Balaban J connectivity index is 3.06. The van der Waals surface area contributed by atoms with Gasteiger partial charge in [-0.3, -0.25) is 0 Å². The van der Waals surface area contributed by atoms with Crippen LogP contribution in [0.15, 0.2) is 12.1 Å². The van der Waals surface area contributed by atoms with Crippen LogP contribution in [0.5, 0.6) is 5.75 Å². The molecule has 0 saturated heterocycles. The van der Waals surface area contributed by atoms with Crippen LogP contribution in [0.25, 0.3) is 0 Å². The van der Waals surface area contributed by atoms with Crippen LogP contribution in [0, 0.1) is 30.6 Å². The van der Waals surface area contributed by atoms with Crippen molar-refractivity contribution in [3.63, 3.8) is 0 Å². The maximum absolute atomic E-state index is 9.02. The lowest BCUT2D eigenvalue weighted by Gasteiger charge is -2.17. The van der Waals surface area contributed by atoms with Gasteiger partial charge < -0.3 is 4.74 Å². The fourth-order valence-corrected chi connectivity index (χ4v) is 2.01. The van der Waals surface area contributed by atoms with Crippen molar-refractivity contribution < 1.29 is 4.74 Å². The summed E-state index contributed by atoms with van der Waals surface area (Å²) in [6.07, 6.45) is 0.773. The van der Waals surface area contributed by atoms with Crippen molar-refractivity contribution in [3.8, 4) is 11.8 Å². The van der Waals surface area contributed by atoms with Gasteiger partial charge in [-0.05, 0) is 50.8 Å². The van der Waals surface area contributed by atoms with Gasteiger partial charge >= 0.3 is 0 Å². The second-order valence-electron chi connectivity index (χ2n) is 4.94. The summed E-state index contributed by atoms with van der Waals surface area (Å²) in [6.45, 7) is 7.99. The lowest BCUT2D eigenvalue weighted by Crippen LogP contribution is -2.12. The zero-order valence-corrected chi connectivity index (χ0v) is 10.7. The first-order chi connectivity index (χ1) is 7.39. The molecular formula is C14H19NO. The molecule has 1 rings (SSSR count). The average molecular weight is 217 g/mol. The van der Waals surface area contributed by atoms with E-state index in [1.165, 1.54) is 5.56 Å². The topological polar surface area (TPSA) is 33.0 Å². The predicted octanol–water partition coefficient (Wildman–Crippen LogP) is 3.40. The van der Waals surface area contributed by atoms with E-state index < -0.39 is 0 Å². The highest BCUT2D eigenvalue weighted by Gasteiger charge is 2.18. The van der Waals surface area contributed by atoms with Gasteiger partial charge in [-0.15, -0.1) is 0 Å². The molecule has 1 aromatic carbocycles. The van der Waals surface area contributed by atoms with E-state index >= 15 is 0 Å². The van der Waals surface area contributed by atoms with E-state index in [1.807, 2.05) is 27.7 Å². The minimum Gasteiger partial charge on any atom is -0.496 e. The molecule has 0 aromatic heterocycles. The Bertz CT molecular complexity index is 404. The van der Waals surface area contributed by atoms with Gasteiger partial charge in [0.2, 0.25) is 0 Å². The summed E-state index contributed by atoms with van der Waals surface area (Å²) in [5, 5.41) is 9.02. The highest BCUT2D eigenvalue weighted by Crippen LogP contribution is 2.28. The van der Waals surface area contributed by atoms with E-state index in [-0.39, 0.29) is 5.41 Å². The molecule has 0 saturated carbocycles. The molecule has 0 heterocycles. The minimum absolute atomic E-state index is 0.312. The van der Waals surface area contributed by atoms with E-state index in [0.717, 1.165) is 23.3 Å². The number of hydrogen-bond acceptors (Lipinski definition) is 2. The van der Waals surface area contributed by atoms with E-state index in [0.29, 0.717) is 0 Å². The van der Waals surface area contributed by atoms with Crippen molar-refractivity contribution >= 4 is 0 Å². The quantitative estimate of drug-likeness (QED) is 0.777. The van der Waals surface area contributed by atoms with Gasteiger partial charge in [-0.2, -0.15) is 5.26 Å². The minimum atomic E-state index is -0.312. The first-order valence-electron chi connectivity index (χ1n) is 5.45. The molecule has 2 nitrogen and oxygen atoms in total. The molecule has 0 N–H and O–H groups in total. The van der Waals surface area contributed by atoms with E-state index in [9.17, 15) is 0 Å². The summed E-state index contributed by atoms with van der Waals surface area (Å²) in [7, 11) is 1.69. The molecule has 1 aromatic rings. The number of benzene rings is 1. The molecule has 0 fully saturated rings. The summed E-state index contributed by atoms with van der Waals surface area (Å²) < 4.78 is 5.32. The molecule has 0 atom stereocenters. The van der Waals surface area contributed by atoms with Gasteiger partial charge in [0.1, 0.15) is 5.75 Å². The number of ether oxygens (including phenoxy) is 1. The highest BCUT2D eigenvalue weighted by molar-refractivity contribution is 5.43. The smallest absolute Gasteiger partial charge is 0.124 e. The number of nitrogens with zero attached hydrogens (tertiary/aromatic N) is 1. The number of rotatable bonds is 3. The SMILES string of the molecule is COc1c(C)cc(CC(C)(C)C#N)cc1C. The maximum Gasteiger partial charge on any atom is 0.124 e. The van der Waals surface area contributed by atoms with E-state index in [4.69, 9.17) is 10.00 Å². The molecule has 0 radical (unpaired) electrons. The van der Waals surface area contributed by atoms with Crippen molar-refractivity contribution in [1.29, 1.82) is 5.26 Å². The van der Waals surface area contributed by atoms with Crippen molar-refractivity contribution in [2.75, 3.05) is 7.11 Å². The molecular weight excluding hydrogens is 198 g/mol. The fourth-order valence-electron chi connectivity index (χ4n) is 2.01. The van der Waals surface area contributed by atoms with Crippen molar-refractivity contribution in [3.05, 3.63) is 28.8 Å². The van der Waals surface area contributed by atoms with Gasteiger partial charge in [0.15, 0.2) is 0 Å². The molecule has 0 bridgehead atoms. The lowest BCUT2D eigenvalue weighted by atomic mass is 9.86. The molecule has 0 aliphatic carbocycles. The van der Waals surface area contributed by atoms with Gasteiger partial charge in [0.25, 0.3) is 0 Å². The van der Waals surface area contributed by atoms with Crippen LogP contribution >= 0.6 is 0 Å². The van der Waals surface area contributed by atoms with Crippen LogP contribution in [0.3, 0.4) is 0 Å². The summed E-state index contributed by atoms with van der Waals surface area (Å²) in [5.74, 6) is 0.943. The van der Waals surface area contributed by atoms with Gasteiger partial charge in [0.05, 0.1) is 18.6 Å². The first-order valence-corrected chi connectivity index (χ1v) is 5.45. The Morgan fingerprint density at radius 1 is 1.25 bits per heavy atom. The zero-order valence-electron chi connectivity index (χ0n) is 10.7. The van der Waals surface area contributed by atoms with Crippen molar-refractivity contribution in [2.24, 2.45) is 5.41 Å². The zero-order chi connectivity index (χ0) is 12.3. The van der Waals surface area contributed by atoms with Crippen molar-refractivity contribution in [1.82, 2.24) is 0 Å². The molecule has 0 spiro atoms. The average Bonchev–Trinajstić information content (AvgIpc) is 2.16. The Hall–Kier alpha value is -1.49. The summed E-state index contributed by atoms with van der Waals surface area (Å²) >= 11 is 0. The lowest BCUT2D eigenvalue weighted by molar-refractivity contribution is 0.408. The highest BCUT2D eigenvalue weighted by atomic mass is 16.5. The van der Waals surface area contributed by atoms with Crippen LogP contribution < -0.4 is 4.74 Å². The van der Waals surface area contributed by atoms with Gasteiger partial charge in [-0.1, -0.05) is 12.1 Å². The third-order valence-electron chi connectivity index (χ3n) is 2.67. The van der Waals surface area contributed by atoms with E-state index in [1.54, 1.807) is 7.11 Å². The summed E-state index contributed by atoms with van der Waals surface area (Å²) in [4.78, 5) is 0. The van der Waals surface area contributed by atoms with Crippen LogP contribution in [0.4, 0.5) is 0 Å². The van der Waals surface area contributed by atoms with Gasteiger partial charge in [0, 0.05) is 0 Å². The number of aryl methyl sites for hydroxylation is 2. The normalized spacial score (nSPS) is 11.0. The number of hydrogen-bond donors (Lipinski definition) is 0. The Morgan fingerprint density at radius 2 is 1.75 bits per heavy atom. The number of methoxy groups -OCH3 is 1. The Labute approximate surface area is 97.9 Å². The molecule has 0 aliphatic heterocycles. The fraction of sp³-hybridized carbons (Fsp3) is 0.500. The molecule has 16 heavy (non-hydrogen) atoms. The van der Waals surface area contributed by atoms with Gasteiger partial charge in [-0.25, -0.2) is 0 Å². The standard InChI is InChI=1S/C14H19NO/c1-10-6-12(8-14(3,4)9-15)7-11(2)13(10)16-5/h6-7H,8H2,1-5H3.